The topological polar surface area (TPSA) is 94.6 Å². The number of sulfonamides is 1. The number of carbonyl (C=O) groups is 1. The van der Waals surface area contributed by atoms with Crippen molar-refractivity contribution >= 4 is 16.0 Å². The summed E-state index contributed by atoms with van der Waals surface area (Å²) in [7, 11) is -3.78. The fraction of sp³-hybridized carbons (Fsp3) is 0.143. The van der Waals surface area contributed by atoms with Crippen molar-refractivity contribution in [2.75, 3.05) is 6.61 Å². The van der Waals surface area contributed by atoms with Crippen LogP contribution < -0.4 is 9.46 Å². The number of hydrogen-bond donors (Lipinski definition) is 1. The molecule has 156 valence electrons. The molecule has 7 nitrogen and oxygen atoms in total. The quantitative estimate of drug-likeness (QED) is 0.548. The summed E-state index contributed by atoms with van der Waals surface area (Å²) in [5.74, 6) is -0.376. The second-order valence-corrected chi connectivity index (χ2v) is 7.90. The molecule has 0 saturated heterocycles. The normalized spacial score (nSPS) is 11.1. The van der Waals surface area contributed by atoms with Gasteiger partial charge in [0.25, 0.3) is 0 Å². The Kier molecular flexibility index (Phi) is 6.76. The molecule has 1 heterocycles. The Hall–Kier alpha value is -3.30. The van der Waals surface area contributed by atoms with E-state index in [9.17, 15) is 17.6 Å². The van der Waals surface area contributed by atoms with Crippen LogP contribution in [0.2, 0.25) is 0 Å². The third kappa shape index (κ3) is 5.62. The Bertz CT molecular complexity index is 1120. The number of aromatic nitrogens is 1. The molecule has 0 saturated carbocycles. The lowest BCUT2D eigenvalue weighted by Gasteiger charge is -2.09. The van der Waals surface area contributed by atoms with Gasteiger partial charge in [0, 0.05) is 24.9 Å². The molecule has 0 aliphatic heterocycles. The van der Waals surface area contributed by atoms with Gasteiger partial charge in [-0.15, -0.1) is 0 Å². The van der Waals surface area contributed by atoms with Crippen LogP contribution in [0.3, 0.4) is 0 Å². The Labute approximate surface area is 173 Å². The lowest BCUT2D eigenvalue weighted by atomic mass is 10.2. The first kappa shape index (κ1) is 21.4. The van der Waals surface area contributed by atoms with E-state index in [1.807, 2.05) is 0 Å². The molecule has 2 aromatic carbocycles. The maximum Gasteiger partial charge on any atom is 0.338 e. The molecule has 0 radical (unpaired) electrons. The van der Waals surface area contributed by atoms with Crippen molar-refractivity contribution in [1.29, 1.82) is 0 Å². The molecule has 0 aliphatic rings. The summed E-state index contributed by atoms with van der Waals surface area (Å²) in [4.78, 5) is 15.8. The first-order valence-corrected chi connectivity index (χ1v) is 10.5. The van der Waals surface area contributed by atoms with Crippen molar-refractivity contribution in [3.8, 4) is 11.6 Å². The average Bonchev–Trinajstić information content (AvgIpc) is 2.74. The van der Waals surface area contributed by atoms with Gasteiger partial charge in [-0.1, -0.05) is 12.1 Å². The molecule has 0 unspecified atom stereocenters. The van der Waals surface area contributed by atoms with E-state index in [1.165, 1.54) is 48.7 Å². The third-order valence-corrected chi connectivity index (χ3v) is 5.38. The molecule has 0 aliphatic carbocycles. The second-order valence-electron chi connectivity index (χ2n) is 6.13. The van der Waals surface area contributed by atoms with Crippen LogP contribution in [0.25, 0.3) is 0 Å². The molecule has 0 fully saturated rings. The van der Waals surface area contributed by atoms with E-state index < -0.39 is 21.8 Å². The van der Waals surface area contributed by atoms with Crippen molar-refractivity contribution < 1.29 is 27.1 Å². The van der Waals surface area contributed by atoms with Gasteiger partial charge in [-0.25, -0.2) is 27.3 Å². The van der Waals surface area contributed by atoms with Crippen LogP contribution in [0.4, 0.5) is 4.39 Å². The van der Waals surface area contributed by atoms with Gasteiger partial charge in [0.1, 0.15) is 11.6 Å². The minimum Gasteiger partial charge on any atom is -0.462 e. The zero-order valence-corrected chi connectivity index (χ0v) is 16.9. The summed E-state index contributed by atoms with van der Waals surface area (Å²) < 4.78 is 50.9. The van der Waals surface area contributed by atoms with E-state index in [-0.39, 0.29) is 29.5 Å². The fourth-order valence-corrected chi connectivity index (χ4v) is 3.49. The summed E-state index contributed by atoms with van der Waals surface area (Å²) in [6.07, 6.45) is 1.46. The highest BCUT2D eigenvalue weighted by Gasteiger charge is 2.15. The van der Waals surface area contributed by atoms with Gasteiger partial charge in [0.2, 0.25) is 15.9 Å². The van der Waals surface area contributed by atoms with Crippen molar-refractivity contribution in [3.05, 3.63) is 83.8 Å². The van der Waals surface area contributed by atoms with Gasteiger partial charge in [0.05, 0.1) is 17.1 Å². The van der Waals surface area contributed by atoms with Gasteiger partial charge in [0.15, 0.2) is 0 Å². The Morgan fingerprint density at radius 3 is 2.50 bits per heavy atom. The molecular weight excluding hydrogens is 411 g/mol. The molecule has 0 bridgehead atoms. The second kappa shape index (κ2) is 9.47. The third-order valence-electron chi connectivity index (χ3n) is 3.96. The molecule has 9 heteroatoms. The largest absolute Gasteiger partial charge is 0.462 e. The van der Waals surface area contributed by atoms with Crippen LogP contribution in [-0.4, -0.2) is 26.0 Å². The molecular formula is C21H19FN2O5S. The maximum absolute atomic E-state index is 13.2. The van der Waals surface area contributed by atoms with E-state index >= 15 is 0 Å². The molecule has 3 rings (SSSR count). The predicted molar refractivity (Wildman–Crippen MR) is 107 cm³/mol. The monoisotopic (exact) mass is 430 g/mol. The van der Waals surface area contributed by atoms with E-state index in [4.69, 9.17) is 9.47 Å². The molecule has 3 aromatic rings. The van der Waals surface area contributed by atoms with Crippen molar-refractivity contribution in [2.24, 2.45) is 0 Å². The summed E-state index contributed by atoms with van der Waals surface area (Å²) in [5, 5.41) is 0. The number of hydrogen-bond acceptors (Lipinski definition) is 6. The lowest BCUT2D eigenvalue weighted by Crippen LogP contribution is -2.23. The van der Waals surface area contributed by atoms with Gasteiger partial charge >= 0.3 is 5.97 Å². The predicted octanol–water partition coefficient (Wildman–Crippen LogP) is 3.67. The fourth-order valence-electron chi connectivity index (χ4n) is 2.47. The average molecular weight is 430 g/mol. The summed E-state index contributed by atoms with van der Waals surface area (Å²) in [6.45, 7) is 1.94. The van der Waals surface area contributed by atoms with Crippen molar-refractivity contribution in [1.82, 2.24) is 9.71 Å². The number of ether oxygens (including phenoxy) is 2. The molecule has 0 atom stereocenters. The van der Waals surface area contributed by atoms with Gasteiger partial charge in [-0.3, -0.25) is 0 Å². The molecule has 30 heavy (non-hydrogen) atoms. The number of benzene rings is 2. The zero-order chi connectivity index (χ0) is 21.6. The number of halogens is 1. The molecule has 1 aromatic heterocycles. The number of nitrogens with one attached hydrogen (secondary N) is 1. The minimum atomic E-state index is -3.78. The molecule has 1 N–H and O–H groups in total. The lowest BCUT2D eigenvalue weighted by molar-refractivity contribution is 0.0526. The highest BCUT2D eigenvalue weighted by atomic mass is 32.2. The van der Waals surface area contributed by atoms with Crippen LogP contribution in [0.5, 0.6) is 11.6 Å². The van der Waals surface area contributed by atoms with Crippen LogP contribution in [-0.2, 0) is 21.3 Å². The summed E-state index contributed by atoms with van der Waals surface area (Å²) in [5.41, 5.74) is 0.877. The van der Waals surface area contributed by atoms with Gasteiger partial charge in [-0.05, 0) is 48.9 Å². The maximum atomic E-state index is 13.2. The first-order valence-electron chi connectivity index (χ1n) is 9.02. The Morgan fingerprint density at radius 1 is 1.10 bits per heavy atom. The number of pyridine rings is 1. The van der Waals surface area contributed by atoms with E-state index in [0.717, 1.165) is 0 Å². The van der Waals surface area contributed by atoms with Crippen LogP contribution >= 0.6 is 0 Å². The van der Waals surface area contributed by atoms with Gasteiger partial charge in [-0.2, -0.15) is 0 Å². The number of nitrogens with zero attached hydrogens (tertiary/aromatic N) is 1. The SMILES string of the molecule is CCOC(=O)c1ccc(S(=O)(=O)NCc2ccc(Oc3cccc(F)c3)nc2)cc1. The Balaban J connectivity index is 1.60. The zero-order valence-electron chi connectivity index (χ0n) is 16.0. The summed E-state index contributed by atoms with van der Waals surface area (Å²) >= 11 is 0. The first-order chi connectivity index (χ1) is 14.4. The van der Waals surface area contributed by atoms with Crippen molar-refractivity contribution in [2.45, 2.75) is 18.4 Å². The molecule has 0 spiro atoms. The smallest absolute Gasteiger partial charge is 0.338 e. The molecule has 0 amide bonds. The highest BCUT2D eigenvalue weighted by molar-refractivity contribution is 7.89. The van der Waals surface area contributed by atoms with E-state index in [0.29, 0.717) is 11.3 Å². The Morgan fingerprint density at radius 2 is 1.87 bits per heavy atom. The van der Waals surface area contributed by atoms with E-state index in [2.05, 4.69) is 9.71 Å². The van der Waals surface area contributed by atoms with Crippen LogP contribution in [0.1, 0.15) is 22.8 Å². The summed E-state index contributed by atoms with van der Waals surface area (Å²) in [6, 6.07) is 14.3. The standard InChI is InChI=1S/C21H19FN2O5S/c1-2-28-21(25)16-7-9-19(10-8-16)30(26,27)24-14-15-6-11-20(23-13-15)29-18-5-3-4-17(22)12-18/h3-13,24H,2,14H2,1H3. The van der Waals surface area contributed by atoms with Gasteiger partial charge < -0.3 is 9.47 Å². The van der Waals surface area contributed by atoms with Crippen LogP contribution in [0.15, 0.2) is 71.8 Å². The highest BCUT2D eigenvalue weighted by Crippen LogP contribution is 2.20. The van der Waals surface area contributed by atoms with E-state index in [1.54, 1.807) is 25.1 Å². The number of esters is 1. The van der Waals surface area contributed by atoms with Crippen LogP contribution in [0, 0.1) is 5.82 Å². The number of carbonyl (C=O) groups excluding carboxylic acids is 1. The number of rotatable bonds is 8. The minimum absolute atomic E-state index is 0.00913. The van der Waals surface area contributed by atoms with Crippen molar-refractivity contribution in [3.63, 3.8) is 0 Å².